The number of carbonyl (C=O) groups excluding carboxylic acids is 2. The predicted molar refractivity (Wildman–Crippen MR) is 93.7 cm³/mol. The Labute approximate surface area is 138 Å². The van der Waals surface area contributed by atoms with Gasteiger partial charge >= 0.3 is 6.03 Å². The Morgan fingerprint density at radius 2 is 1.52 bits per heavy atom. The zero-order valence-electron chi connectivity index (χ0n) is 13.9. The molecule has 0 unspecified atom stereocenters. The fourth-order valence-electron chi connectivity index (χ4n) is 2.67. The van der Waals surface area contributed by atoms with Gasteiger partial charge in [-0.2, -0.15) is 0 Å². The molecular weight excluding hydrogens is 290 g/mol. The molecule has 0 atom stereocenters. The molecule has 3 amide bonds. The molecule has 0 aliphatic carbocycles. The van der Waals surface area contributed by atoms with Crippen molar-refractivity contribution in [1.82, 2.24) is 4.90 Å². The minimum absolute atomic E-state index is 0.0354. The van der Waals surface area contributed by atoms with Gasteiger partial charge in [-0.05, 0) is 43.5 Å². The Bertz CT molecular complexity index is 506. The van der Waals surface area contributed by atoms with Crippen molar-refractivity contribution in [2.24, 2.45) is 0 Å². The second kappa shape index (κ2) is 9.18. The molecule has 0 bridgehead atoms. The van der Waals surface area contributed by atoms with Crippen molar-refractivity contribution in [3.63, 3.8) is 0 Å². The van der Waals surface area contributed by atoms with Crippen LogP contribution in [-0.4, -0.2) is 29.9 Å². The number of likely N-dealkylation sites (tertiary alicyclic amines) is 1. The van der Waals surface area contributed by atoms with Gasteiger partial charge < -0.3 is 15.5 Å². The molecule has 1 aliphatic heterocycles. The summed E-state index contributed by atoms with van der Waals surface area (Å²) < 4.78 is 0. The predicted octanol–water partition coefficient (Wildman–Crippen LogP) is 4.22. The van der Waals surface area contributed by atoms with Gasteiger partial charge in [0.2, 0.25) is 5.91 Å². The Kier molecular flexibility index (Phi) is 6.91. The number of nitrogens with zero attached hydrogens (tertiary/aromatic N) is 1. The molecule has 0 aromatic heterocycles. The summed E-state index contributed by atoms with van der Waals surface area (Å²) in [7, 11) is 0. The number of nitrogens with one attached hydrogen (secondary N) is 2. The maximum atomic E-state index is 12.2. The van der Waals surface area contributed by atoms with Crippen molar-refractivity contribution in [3.8, 4) is 0 Å². The largest absolute Gasteiger partial charge is 0.326 e. The summed E-state index contributed by atoms with van der Waals surface area (Å²) in [4.78, 5) is 25.8. The van der Waals surface area contributed by atoms with Crippen molar-refractivity contribution in [1.29, 1.82) is 0 Å². The van der Waals surface area contributed by atoms with E-state index in [9.17, 15) is 9.59 Å². The highest BCUT2D eigenvalue weighted by Gasteiger charge is 2.15. The number of unbranched alkanes of at least 4 members (excludes halogenated alkanes) is 1. The number of benzene rings is 1. The van der Waals surface area contributed by atoms with E-state index in [2.05, 4.69) is 17.6 Å². The average molecular weight is 317 g/mol. The van der Waals surface area contributed by atoms with Crippen molar-refractivity contribution in [3.05, 3.63) is 24.3 Å². The van der Waals surface area contributed by atoms with Crippen LogP contribution < -0.4 is 10.6 Å². The number of hydrogen-bond acceptors (Lipinski definition) is 2. The lowest BCUT2D eigenvalue weighted by atomic mass is 10.2. The second-order valence-corrected chi connectivity index (χ2v) is 6.06. The highest BCUT2D eigenvalue weighted by Crippen LogP contribution is 2.16. The Morgan fingerprint density at radius 1 is 0.957 bits per heavy atom. The molecule has 1 saturated heterocycles. The van der Waals surface area contributed by atoms with Crippen LogP contribution in [0.5, 0.6) is 0 Å². The molecule has 0 saturated carbocycles. The van der Waals surface area contributed by atoms with E-state index in [1.54, 1.807) is 0 Å². The van der Waals surface area contributed by atoms with E-state index in [1.807, 2.05) is 29.2 Å². The van der Waals surface area contributed by atoms with Crippen LogP contribution in [0.2, 0.25) is 0 Å². The van der Waals surface area contributed by atoms with Crippen LogP contribution in [0.15, 0.2) is 24.3 Å². The Hall–Kier alpha value is -2.04. The molecule has 126 valence electrons. The van der Waals surface area contributed by atoms with E-state index in [-0.39, 0.29) is 11.9 Å². The minimum Gasteiger partial charge on any atom is -0.326 e. The van der Waals surface area contributed by atoms with Crippen molar-refractivity contribution in [2.75, 3.05) is 23.7 Å². The van der Waals surface area contributed by atoms with Gasteiger partial charge in [0, 0.05) is 30.9 Å². The highest BCUT2D eigenvalue weighted by molar-refractivity contribution is 5.92. The summed E-state index contributed by atoms with van der Waals surface area (Å²) in [6, 6.07) is 7.26. The third kappa shape index (κ3) is 5.93. The first-order valence-corrected chi connectivity index (χ1v) is 8.65. The first-order chi connectivity index (χ1) is 11.2. The van der Waals surface area contributed by atoms with Crippen LogP contribution in [0, 0.1) is 0 Å². The van der Waals surface area contributed by atoms with Gasteiger partial charge in [0.1, 0.15) is 0 Å². The maximum Gasteiger partial charge on any atom is 0.321 e. The standard InChI is InChI=1S/C18H27N3O2/c1-2-3-8-17(22)19-15-9-11-16(12-10-15)20-18(23)21-13-6-4-5-7-14-21/h9-12H,2-8,13-14H2,1H3,(H,19,22)(H,20,23). The SMILES string of the molecule is CCCCC(=O)Nc1ccc(NC(=O)N2CCCCCC2)cc1. The number of anilines is 2. The first-order valence-electron chi connectivity index (χ1n) is 8.65. The van der Waals surface area contributed by atoms with Crippen LogP contribution in [0.3, 0.4) is 0 Å². The molecule has 1 aliphatic rings. The van der Waals surface area contributed by atoms with E-state index in [1.165, 1.54) is 12.8 Å². The van der Waals surface area contributed by atoms with Crippen LogP contribution >= 0.6 is 0 Å². The highest BCUT2D eigenvalue weighted by atomic mass is 16.2. The minimum atomic E-state index is -0.0355. The molecule has 1 aromatic rings. The molecule has 2 N–H and O–H groups in total. The number of hydrogen-bond donors (Lipinski definition) is 2. The van der Waals surface area contributed by atoms with Crippen molar-refractivity contribution >= 4 is 23.3 Å². The summed E-state index contributed by atoms with van der Waals surface area (Å²) in [5.41, 5.74) is 1.52. The third-order valence-corrected chi connectivity index (χ3v) is 4.07. The molecule has 5 nitrogen and oxygen atoms in total. The zero-order valence-corrected chi connectivity index (χ0v) is 13.9. The molecule has 5 heteroatoms. The molecule has 1 heterocycles. The molecule has 23 heavy (non-hydrogen) atoms. The van der Waals surface area contributed by atoms with Gasteiger partial charge in [0.25, 0.3) is 0 Å². The van der Waals surface area contributed by atoms with Crippen LogP contribution in [0.4, 0.5) is 16.2 Å². The number of rotatable bonds is 5. The Morgan fingerprint density at radius 3 is 2.09 bits per heavy atom. The number of urea groups is 1. The smallest absolute Gasteiger partial charge is 0.321 e. The Balaban J connectivity index is 1.84. The summed E-state index contributed by atoms with van der Waals surface area (Å²) >= 11 is 0. The van der Waals surface area contributed by atoms with E-state index in [0.29, 0.717) is 6.42 Å². The van der Waals surface area contributed by atoms with E-state index < -0.39 is 0 Å². The first kappa shape index (κ1) is 17.3. The molecule has 0 spiro atoms. The summed E-state index contributed by atoms with van der Waals surface area (Å²) in [6.45, 7) is 3.73. The van der Waals surface area contributed by atoms with Gasteiger partial charge in [-0.25, -0.2) is 4.79 Å². The number of amides is 3. The van der Waals surface area contributed by atoms with Gasteiger partial charge in [0.05, 0.1) is 0 Å². The fraction of sp³-hybridized carbons (Fsp3) is 0.556. The van der Waals surface area contributed by atoms with Crippen molar-refractivity contribution < 1.29 is 9.59 Å². The fourth-order valence-corrected chi connectivity index (χ4v) is 2.67. The van der Waals surface area contributed by atoms with Crippen LogP contribution in [0.1, 0.15) is 51.9 Å². The van der Waals surface area contributed by atoms with E-state index in [4.69, 9.17) is 0 Å². The molecular formula is C18H27N3O2. The van der Waals surface area contributed by atoms with E-state index >= 15 is 0 Å². The topological polar surface area (TPSA) is 61.4 Å². The third-order valence-electron chi connectivity index (χ3n) is 4.07. The quantitative estimate of drug-likeness (QED) is 0.854. The normalized spacial score (nSPS) is 14.9. The molecule has 2 rings (SSSR count). The summed E-state index contributed by atoms with van der Waals surface area (Å²) in [5, 5.41) is 5.80. The van der Waals surface area contributed by atoms with E-state index in [0.717, 1.165) is 50.1 Å². The molecule has 1 aromatic carbocycles. The average Bonchev–Trinajstić information content (AvgIpc) is 2.84. The summed E-state index contributed by atoms with van der Waals surface area (Å²) in [6.07, 6.45) is 7.02. The van der Waals surface area contributed by atoms with Gasteiger partial charge in [0.15, 0.2) is 0 Å². The monoisotopic (exact) mass is 317 g/mol. The lowest BCUT2D eigenvalue weighted by molar-refractivity contribution is -0.116. The van der Waals surface area contributed by atoms with Gasteiger partial charge in [-0.1, -0.05) is 26.2 Å². The number of carbonyl (C=O) groups is 2. The lowest BCUT2D eigenvalue weighted by Gasteiger charge is -2.20. The maximum absolute atomic E-state index is 12.2. The zero-order chi connectivity index (χ0) is 16.5. The van der Waals surface area contributed by atoms with Crippen molar-refractivity contribution in [2.45, 2.75) is 51.9 Å². The summed E-state index contributed by atoms with van der Waals surface area (Å²) in [5.74, 6) is 0.0354. The molecule has 0 radical (unpaired) electrons. The second-order valence-electron chi connectivity index (χ2n) is 6.06. The van der Waals surface area contributed by atoms with Crippen LogP contribution in [-0.2, 0) is 4.79 Å². The lowest BCUT2D eigenvalue weighted by Crippen LogP contribution is -2.35. The van der Waals surface area contributed by atoms with Gasteiger partial charge in [-0.15, -0.1) is 0 Å². The molecule has 1 fully saturated rings. The van der Waals surface area contributed by atoms with Crippen LogP contribution in [0.25, 0.3) is 0 Å². The van der Waals surface area contributed by atoms with Gasteiger partial charge in [-0.3, -0.25) is 4.79 Å².